The Hall–Kier alpha value is -2.99. The molecule has 0 aromatic carbocycles. The molecule has 2 N–H and O–H groups in total. The number of rotatable bonds is 7. The standard InChI is InChI=1S/C23H28N4O2/c1-15(2)12-19-20(7-6-16(3)26-19)29-18-9-11-25-22(14-18)27-17-8-10-24-21(13-17)23(4,5)28/h6-11,13-15,28H,12H2,1-5H3,(H,24,25,27). The largest absolute Gasteiger partial charge is 0.455 e. The van der Waals surface area contributed by atoms with Crippen molar-refractivity contribution in [2.24, 2.45) is 5.92 Å². The molecule has 0 aliphatic carbocycles. The van der Waals surface area contributed by atoms with Crippen molar-refractivity contribution in [3.8, 4) is 11.5 Å². The summed E-state index contributed by atoms with van der Waals surface area (Å²) in [7, 11) is 0. The molecule has 0 atom stereocenters. The van der Waals surface area contributed by atoms with Crippen LogP contribution >= 0.6 is 0 Å². The first-order valence-corrected chi connectivity index (χ1v) is 9.77. The van der Waals surface area contributed by atoms with Crippen LogP contribution in [-0.2, 0) is 12.0 Å². The van der Waals surface area contributed by atoms with Gasteiger partial charge in [0.2, 0.25) is 0 Å². The first-order valence-electron chi connectivity index (χ1n) is 9.77. The Morgan fingerprint density at radius 2 is 1.83 bits per heavy atom. The van der Waals surface area contributed by atoms with E-state index in [0.29, 0.717) is 23.2 Å². The van der Waals surface area contributed by atoms with Gasteiger partial charge in [-0.3, -0.25) is 9.97 Å². The summed E-state index contributed by atoms with van der Waals surface area (Å²) in [6, 6.07) is 11.2. The third kappa shape index (κ3) is 5.74. The minimum atomic E-state index is -1.01. The van der Waals surface area contributed by atoms with E-state index in [9.17, 15) is 5.11 Å². The van der Waals surface area contributed by atoms with Gasteiger partial charge in [-0.15, -0.1) is 0 Å². The molecule has 29 heavy (non-hydrogen) atoms. The zero-order valence-electron chi connectivity index (χ0n) is 17.6. The molecule has 0 fully saturated rings. The van der Waals surface area contributed by atoms with Gasteiger partial charge in [-0.05, 0) is 63.4 Å². The highest BCUT2D eigenvalue weighted by Gasteiger charge is 2.18. The van der Waals surface area contributed by atoms with Crippen LogP contribution in [0.2, 0.25) is 0 Å². The lowest BCUT2D eigenvalue weighted by Gasteiger charge is -2.17. The fourth-order valence-electron chi connectivity index (χ4n) is 2.88. The Bertz CT molecular complexity index is 981. The predicted molar refractivity (Wildman–Crippen MR) is 115 cm³/mol. The molecule has 0 saturated heterocycles. The van der Waals surface area contributed by atoms with Crippen molar-refractivity contribution in [2.45, 2.75) is 46.6 Å². The number of nitrogens with zero attached hydrogens (tertiary/aromatic N) is 3. The van der Waals surface area contributed by atoms with Gasteiger partial charge in [-0.25, -0.2) is 4.98 Å². The lowest BCUT2D eigenvalue weighted by Crippen LogP contribution is -2.17. The molecule has 0 unspecified atom stereocenters. The number of anilines is 2. The minimum absolute atomic E-state index is 0.484. The molecule has 6 heteroatoms. The summed E-state index contributed by atoms with van der Waals surface area (Å²) in [6.07, 6.45) is 4.20. The van der Waals surface area contributed by atoms with E-state index in [1.54, 1.807) is 32.3 Å². The van der Waals surface area contributed by atoms with Crippen LogP contribution in [0.3, 0.4) is 0 Å². The molecule has 0 aliphatic heterocycles. The van der Waals surface area contributed by atoms with Crippen LogP contribution in [0.4, 0.5) is 11.5 Å². The fraction of sp³-hybridized carbons (Fsp3) is 0.348. The van der Waals surface area contributed by atoms with Gasteiger partial charge in [0.15, 0.2) is 0 Å². The molecular formula is C23H28N4O2. The van der Waals surface area contributed by atoms with Crippen LogP contribution in [0.15, 0.2) is 48.8 Å². The van der Waals surface area contributed by atoms with Gasteiger partial charge in [0.1, 0.15) is 22.9 Å². The average Bonchev–Trinajstić information content (AvgIpc) is 2.63. The first-order chi connectivity index (χ1) is 13.7. The second-order valence-electron chi connectivity index (χ2n) is 8.09. The van der Waals surface area contributed by atoms with Crippen molar-refractivity contribution < 1.29 is 9.84 Å². The third-order valence-corrected chi connectivity index (χ3v) is 4.29. The van der Waals surface area contributed by atoms with E-state index >= 15 is 0 Å². The maximum Gasteiger partial charge on any atom is 0.148 e. The number of hydrogen-bond acceptors (Lipinski definition) is 6. The summed E-state index contributed by atoms with van der Waals surface area (Å²) < 4.78 is 6.13. The summed E-state index contributed by atoms with van der Waals surface area (Å²) in [5.41, 5.74) is 2.29. The smallest absolute Gasteiger partial charge is 0.148 e. The summed E-state index contributed by atoms with van der Waals surface area (Å²) in [5, 5.41) is 13.4. The lowest BCUT2D eigenvalue weighted by atomic mass is 10.0. The predicted octanol–water partition coefficient (Wildman–Crippen LogP) is 5.14. The molecule has 0 aliphatic rings. The number of ether oxygens (including phenoxy) is 1. The van der Waals surface area contributed by atoms with E-state index in [-0.39, 0.29) is 0 Å². The molecular weight excluding hydrogens is 364 g/mol. The van der Waals surface area contributed by atoms with Crippen molar-refractivity contribution in [3.05, 3.63) is 65.9 Å². The topological polar surface area (TPSA) is 80.2 Å². The van der Waals surface area contributed by atoms with Crippen molar-refractivity contribution in [3.63, 3.8) is 0 Å². The summed E-state index contributed by atoms with van der Waals surface area (Å²) in [5.74, 6) is 2.56. The Labute approximate surface area is 172 Å². The SMILES string of the molecule is Cc1ccc(Oc2ccnc(Nc3ccnc(C(C)(C)O)c3)c2)c(CC(C)C)n1. The monoisotopic (exact) mass is 392 g/mol. The third-order valence-electron chi connectivity index (χ3n) is 4.29. The molecule has 0 spiro atoms. The van der Waals surface area contributed by atoms with E-state index in [0.717, 1.165) is 29.2 Å². The summed E-state index contributed by atoms with van der Waals surface area (Å²) in [6.45, 7) is 9.73. The van der Waals surface area contributed by atoms with Gasteiger partial charge in [0.25, 0.3) is 0 Å². The minimum Gasteiger partial charge on any atom is -0.455 e. The number of aromatic nitrogens is 3. The highest BCUT2D eigenvalue weighted by molar-refractivity contribution is 5.57. The Kier molecular flexibility index (Phi) is 6.13. The first kappa shape index (κ1) is 20.7. The van der Waals surface area contributed by atoms with E-state index in [4.69, 9.17) is 4.74 Å². The van der Waals surface area contributed by atoms with Gasteiger partial charge in [-0.2, -0.15) is 0 Å². The maximum absolute atomic E-state index is 10.2. The van der Waals surface area contributed by atoms with Crippen LogP contribution < -0.4 is 10.1 Å². The van der Waals surface area contributed by atoms with Gasteiger partial charge in [-0.1, -0.05) is 13.8 Å². The fourth-order valence-corrected chi connectivity index (χ4v) is 2.88. The summed E-state index contributed by atoms with van der Waals surface area (Å²) >= 11 is 0. The van der Waals surface area contributed by atoms with Crippen LogP contribution in [-0.4, -0.2) is 20.1 Å². The van der Waals surface area contributed by atoms with E-state index < -0.39 is 5.60 Å². The number of nitrogens with one attached hydrogen (secondary N) is 1. The van der Waals surface area contributed by atoms with Crippen LogP contribution in [0.1, 0.15) is 44.8 Å². The second kappa shape index (κ2) is 8.57. The normalized spacial score (nSPS) is 11.6. The molecule has 3 heterocycles. The molecule has 152 valence electrons. The highest BCUT2D eigenvalue weighted by atomic mass is 16.5. The van der Waals surface area contributed by atoms with Gasteiger partial charge >= 0.3 is 0 Å². The maximum atomic E-state index is 10.2. The van der Waals surface area contributed by atoms with Crippen LogP contribution in [0.5, 0.6) is 11.5 Å². The second-order valence-corrected chi connectivity index (χ2v) is 8.09. The number of hydrogen-bond donors (Lipinski definition) is 2. The Morgan fingerprint density at radius 1 is 1.07 bits per heavy atom. The molecule has 3 aromatic rings. The molecule has 0 radical (unpaired) electrons. The lowest BCUT2D eigenvalue weighted by molar-refractivity contribution is 0.0739. The van der Waals surface area contributed by atoms with E-state index in [1.807, 2.05) is 37.3 Å². The number of aryl methyl sites for hydroxylation is 1. The molecule has 0 saturated carbocycles. The van der Waals surface area contributed by atoms with Gasteiger partial charge < -0.3 is 15.2 Å². The quantitative estimate of drug-likeness (QED) is 0.579. The van der Waals surface area contributed by atoms with Gasteiger partial charge in [0, 0.05) is 29.8 Å². The zero-order chi connectivity index (χ0) is 21.0. The van der Waals surface area contributed by atoms with Crippen molar-refractivity contribution in [1.82, 2.24) is 15.0 Å². The molecule has 3 aromatic heterocycles. The highest BCUT2D eigenvalue weighted by Crippen LogP contribution is 2.28. The van der Waals surface area contributed by atoms with E-state index in [2.05, 4.69) is 34.1 Å². The molecule has 0 amide bonds. The van der Waals surface area contributed by atoms with Crippen molar-refractivity contribution in [2.75, 3.05) is 5.32 Å². The Balaban J connectivity index is 1.81. The van der Waals surface area contributed by atoms with Crippen molar-refractivity contribution in [1.29, 1.82) is 0 Å². The van der Waals surface area contributed by atoms with Crippen LogP contribution in [0.25, 0.3) is 0 Å². The van der Waals surface area contributed by atoms with Crippen LogP contribution in [0, 0.1) is 12.8 Å². The van der Waals surface area contributed by atoms with Crippen molar-refractivity contribution >= 4 is 11.5 Å². The van der Waals surface area contributed by atoms with E-state index in [1.165, 1.54) is 0 Å². The van der Waals surface area contributed by atoms with Gasteiger partial charge in [0.05, 0.1) is 11.4 Å². The number of pyridine rings is 3. The molecule has 0 bridgehead atoms. The molecule has 3 rings (SSSR count). The Morgan fingerprint density at radius 3 is 2.55 bits per heavy atom. The number of aliphatic hydroxyl groups is 1. The summed E-state index contributed by atoms with van der Waals surface area (Å²) in [4.78, 5) is 13.2. The average molecular weight is 393 g/mol. The zero-order valence-corrected chi connectivity index (χ0v) is 17.6. The molecule has 6 nitrogen and oxygen atoms in total.